The summed E-state index contributed by atoms with van der Waals surface area (Å²) in [5.41, 5.74) is -0.510. The maximum Gasteiger partial charge on any atom is 0.116 e. The fourth-order valence-corrected chi connectivity index (χ4v) is 3.43. The topological polar surface area (TPSA) is 32.3 Å². The molecule has 0 aromatic heterocycles. The third-order valence-corrected chi connectivity index (χ3v) is 3.71. The van der Waals surface area contributed by atoms with Crippen LogP contribution in [0.4, 0.5) is 0 Å². The second-order valence-electron chi connectivity index (χ2n) is 4.92. The molecule has 4 bridgehead atoms. The van der Waals surface area contributed by atoms with E-state index < -0.39 is 5.72 Å². The van der Waals surface area contributed by atoms with E-state index in [2.05, 4.69) is 5.32 Å². The van der Waals surface area contributed by atoms with E-state index >= 15 is 0 Å². The van der Waals surface area contributed by atoms with Crippen LogP contribution in [-0.2, 0) is 0 Å². The summed E-state index contributed by atoms with van der Waals surface area (Å²) in [6.45, 7) is 1.04. The SMILES string of the molecule is OC12C[C]3CC(CN1)CC(C3)C2. The molecule has 0 aromatic carbocycles. The van der Waals surface area contributed by atoms with Gasteiger partial charge in [0.25, 0.3) is 0 Å². The summed E-state index contributed by atoms with van der Waals surface area (Å²) in [7, 11) is 0. The zero-order valence-electron chi connectivity index (χ0n) is 7.34. The van der Waals surface area contributed by atoms with Gasteiger partial charge in [0, 0.05) is 6.54 Å². The first-order valence-corrected chi connectivity index (χ1v) is 5.04. The van der Waals surface area contributed by atoms with Crippen molar-refractivity contribution in [1.82, 2.24) is 5.32 Å². The molecule has 3 unspecified atom stereocenters. The van der Waals surface area contributed by atoms with E-state index in [1.807, 2.05) is 0 Å². The predicted octanol–water partition coefficient (Wildman–Crippen LogP) is 1.06. The van der Waals surface area contributed by atoms with Crippen LogP contribution >= 0.6 is 0 Å². The predicted molar refractivity (Wildman–Crippen MR) is 46.3 cm³/mol. The van der Waals surface area contributed by atoms with Crippen molar-refractivity contribution in [2.75, 3.05) is 6.54 Å². The average molecular weight is 166 g/mol. The fraction of sp³-hybridized carbons (Fsp3) is 0.900. The van der Waals surface area contributed by atoms with Gasteiger partial charge in [0.1, 0.15) is 5.72 Å². The Balaban J connectivity index is 1.94. The van der Waals surface area contributed by atoms with Gasteiger partial charge in [-0.25, -0.2) is 0 Å². The lowest BCUT2D eigenvalue weighted by atomic mass is 9.67. The van der Waals surface area contributed by atoms with Crippen LogP contribution in [0.2, 0.25) is 0 Å². The number of rotatable bonds is 0. The Kier molecular flexibility index (Phi) is 1.37. The van der Waals surface area contributed by atoms with Crippen LogP contribution in [0.3, 0.4) is 0 Å². The zero-order chi connectivity index (χ0) is 8.18. The summed E-state index contributed by atoms with van der Waals surface area (Å²) in [6.07, 6.45) is 5.86. The van der Waals surface area contributed by atoms with Gasteiger partial charge in [-0.3, -0.25) is 5.32 Å². The normalized spacial score (nSPS) is 52.8. The molecule has 4 aliphatic rings. The van der Waals surface area contributed by atoms with Crippen LogP contribution in [0.5, 0.6) is 0 Å². The average Bonchev–Trinajstić information content (AvgIpc) is 2.14. The van der Waals surface area contributed by atoms with E-state index in [0.29, 0.717) is 0 Å². The molecule has 2 nitrogen and oxygen atoms in total. The first kappa shape index (κ1) is 7.34. The standard InChI is InChI=1S/C10H16NO/c12-10-4-7-1-8(5-10)3-9(2-7)6-11-10/h7,9,11-12H,1-6H2. The van der Waals surface area contributed by atoms with Crippen molar-refractivity contribution in [3.63, 3.8) is 0 Å². The Labute approximate surface area is 73.4 Å². The largest absolute Gasteiger partial charge is 0.376 e. The molecule has 2 aliphatic carbocycles. The highest BCUT2D eigenvalue weighted by molar-refractivity contribution is 5.11. The first-order valence-electron chi connectivity index (χ1n) is 5.04. The van der Waals surface area contributed by atoms with Crippen molar-refractivity contribution < 1.29 is 5.11 Å². The molecule has 0 aromatic rings. The van der Waals surface area contributed by atoms with Gasteiger partial charge in [-0.2, -0.15) is 0 Å². The summed E-state index contributed by atoms with van der Waals surface area (Å²) < 4.78 is 0. The van der Waals surface area contributed by atoms with Crippen molar-refractivity contribution in [2.24, 2.45) is 11.8 Å². The van der Waals surface area contributed by atoms with Gasteiger partial charge in [0.15, 0.2) is 0 Å². The Bertz CT molecular complexity index is 190. The third kappa shape index (κ3) is 1.01. The van der Waals surface area contributed by atoms with Gasteiger partial charge in [-0.05, 0) is 49.9 Å². The van der Waals surface area contributed by atoms with Gasteiger partial charge in [-0.1, -0.05) is 0 Å². The minimum Gasteiger partial charge on any atom is -0.376 e. The number of fused-ring (bicyclic) bond motifs is 1. The Morgan fingerprint density at radius 2 is 2.17 bits per heavy atom. The minimum atomic E-state index is -0.510. The first-order chi connectivity index (χ1) is 5.73. The van der Waals surface area contributed by atoms with Crippen LogP contribution in [0, 0.1) is 17.8 Å². The van der Waals surface area contributed by atoms with E-state index in [1.165, 1.54) is 19.3 Å². The van der Waals surface area contributed by atoms with E-state index in [4.69, 9.17) is 0 Å². The molecule has 2 saturated carbocycles. The van der Waals surface area contributed by atoms with Crippen LogP contribution < -0.4 is 5.32 Å². The lowest BCUT2D eigenvalue weighted by molar-refractivity contribution is -0.0295. The fourth-order valence-electron chi connectivity index (χ4n) is 3.43. The summed E-state index contributed by atoms with van der Waals surface area (Å²) in [6, 6.07) is 0. The molecule has 67 valence electrons. The molecule has 2 heterocycles. The molecule has 0 amide bonds. The number of nitrogens with one attached hydrogen (secondary N) is 1. The van der Waals surface area contributed by atoms with Crippen molar-refractivity contribution in [3.05, 3.63) is 5.92 Å². The van der Waals surface area contributed by atoms with Crippen LogP contribution in [0.1, 0.15) is 32.1 Å². The minimum absolute atomic E-state index is 0.510. The van der Waals surface area contributed by atoms with Gasteiger partial charge in [0.2, 0.25) is 0 Å². The second-order valence-corrected chi connectivity index (χ2v) is 4.92. The van der Waals surface area contributed by atoms with E-state index in [0.717, 1.165) is 31.2 Å². The second kappa shape index (κ2) is 2.24. The molecular formula is C10H16NO. The van der Waals surface area contributed by atoms with Gasteiger partial charge >= 0.3 is 0 Å². The zero-order valence-corrected chi connectivity index (χ0v) is 7.34. The van der Waals surface area contributed by atoms with Gasteiger partial charge in [0.05, 0.1) is 0 Å². The Morgan fingerprint density at radius 1 is 1.33 bits per heavy atom. The molecule has 0 spiro atoms. The maximum atomic E-state index is 10.1. The molecule has 2 heteroatoms. The number of hydrogen-bond acceptors (Lipinski definition) is 2. The summed E-state index contributed by atoms with van der Waals surface area (Å²) in [5.74, 6) is 3.23. The highest BCUT2D eigenvalue weighted by Crippen LogP contribution is 2.48. The van der Waals surface area contributed by atoms with Gasteiger partial charge in [-0.15, -0.1) is 0 Å². The monoisotopic (exact) mass is 166 g/mol. The van der Waals surface area contributed by atoms with Crippen molar-refractivity contribution in [1.29, 1.82) is 0 Å². The van der Waals surface area contributed by atoms with E-state index in [-0.39, 0.29) is 0 Å². The van der Waals surface area contributed by atoms with E-state index in [9.17, 15) is 5.11 Å². The number of aliphatic hydroxyl groups is 1. The highest BCUT2D eigenvalue weighted by atomic mass is 16.3. The van der Waals surface area contributed by atoms with Crippen molar-refractivity contribution in [3.8, 4) is 0 Å². The molecule has 2 aliphatic heterocycles. The molecule has 4 fully saturated rings. The Morgan fingerprint density at radius 3 is 3.00 bits per heavy atom. The summed E-state index contributed by atoms with van der Waals surface area (Å²) in [5, 5.41) is 13.5. The molecule has 1 radical (unpaired) electrons. The molecule has 2 N–H and O–H groups in total. The lowest BCUT2D eigenvalue weighted by Gasteiger charge is -2.41. The van der Waals surface area contributed by atoms with Crippen molar-refractivity contribution in [2.45, 2.75) is 37.8 Å². The molecular weight excluding hydrogens is 150 g/mol. The quantitative estimate of drug-likeness (QED) is 0.564. The third-order valence-electron chi connectivity index (χ3n) is 3.71. The molecule has 4 rings (SSSR count). The molecule has 3 atom stereocenters. The Hall–Kier alpha value is -0.0800. The van der Waals surface area contributed by atoms with Crippen LogP contribution in [0.25, 0.3) is 0 Å². The summed E-state index contributed by atoms with van der Waals surface area (Å²) in [4.78, 5) is 0. The van der Waals surface area contributed by atoms with Crippen LogP contribution in [-0.4, -0.2) is 17.4 Å². The van der Waals surface area contributed by atoms with Crippen LogP contribution in [0.15, 0.2) is 0 Å². The van der Waals surface area contributed by atoms with Gasteiger partial charge < -0.3 is 5.11 Å². The lowest BCUT2D eigenvalue weighted by Crippen LogP contribution is -2.47. The molecule has 2 saturated heterocycles. The number of hydrogen-bond donors (Lipinski definition) is 2. The maximum absolute atomic E-state index is 10.1. The smallest absolute Gasteiger partial charge is 0.116 e. The van der Waals surface area contributed by atoms with Crippen molar-refractivity contribution >= 4 is 0 Å². The highest BCUT2D eigenvalue weighted by Gasteiger charge is 2.46. The van der Waals surface area contributed by atoms with E-state index in [1.54, 1.807) is 5.92 Å². The summed E-state index contributed by atoms with van der Waals surface area (Å²) >= 11 is 0. The molecule has 12 heavy (non-hydrogen) atoms.